The van der Waals surface area contributed by atoms with Gasteiger partial charge >= 0.3 is 5.97 Å². The van der Waals surface area contributed by atoms with Crippen LogP contribution < -0.4 is 4.74 Å². The monoisotopic (exact) mass is 334 g/mol. The lowest BCUT2D eigenvalue weighted by molar-refractivity contribution is -0.281. The van der Waals surface area contributed by atoms with Crippen molar-refractivity contribution in [3.8, 4) is 5.75 Å². The predicted molar refractivity (Wildman–Crippen MR) is 93.9 cm³/mol. The summed E-state index contributed by atoms with van der Waals surface area (Å²) in [7, 11) is 0. The molecule has 1 aromatic carbocycles. The van der Waals surface area contributed by atoms with Crippen LogP contribution in [0.4, 0.5) is 0 Å². The minimum atomic E-state index is -0.449. The first-order chi connectivity index (χ1) is 11.4. The second-order valence-corrected chi connectivity index (χ2v) is 7.68. The molecule has 134 valence electrons. The number of ether oxygens (including phenoxy) is 1. The lowest BCUT2D eigenvalue weighted by Gasteiger charge is -2.36. The van der Waals surface area contributed by atoms with Gasteiger partial charge in [-0.1, -0.05) is 27.7 Å². The highest BCUT2D eigenvalue weighted by molar-refractivity contribution is 5.89. The third-order valence-electron chi connectivity index (χ3n) is 4.72. The van der Waals surface area contributed by atoms with E-state index in [4.69, 9.17) is 14.5 Å². The van der Waals surface area contributed by atoms with Crippen LogP contribution in [0.1, 0.15) is 70.2 Å². The van der Waals surface area contributed by atoms with Crippen molar-refractivity contribution in [2.75, 3.05) is 6.61 Å². The van der Waals surface area contributed by atoms with Gasteiger partial charge < -0.3 is 4.74 Å². The Balaban J connectivity index is 1.75. The number of benzene rings is 1. The summed E-state index contributed by atoms with van der Waals surface area (Å²) in [4.78, 5) is 22.5. The van der Waals surface area contributed by atoms with Gasteiger partial charge in [0.1, 0.15) is 11.9 Å². The van der Waals surface area contributed by atoms with E-state index in [1.54, 1.807) is 24.3 Å². The average molecular weight is 334 g/mol. The van der Waals surface area contributed by atoms with Crippen LogP contribution in [0, 0.1) is 11.3 Å². The van der Waals surface area contributed by atoms with Gasteiger partial charge in [0.2, 0.25) is 0 Å². The molecule has 0 aliphatic heterocycles. The van der Waals surface area contributed by atoms with Crippen LogP contribution in [-0.4, -0.2) is 18.7 Å². The summed E-state index contributed by atoms with van der Waals surface area (Å²) < 4.78 is 5.50. The molecule has 0 amide bonds. The second-order valence-electron chi connectivity index (χ2n) is 7.68. The molecule has 1 fully saturated rings. The number of hydrogen-bond donors (Lipinski definition) is 0. The number of hydrogen-bond acceptors (Lipinski definition) is 4. The first kappa shape index (κ1) is 18.8. The molecule has 1 aromatic rings. The molecule has 0 radical (unpaired) electrons. The number of rotatable bonds is 6. The van der Waals surface area contributed by atoms with Crippen molar-refractivity contribution in [3.63, 3.8) is 0 Å². The predicted octanol–water partition coefficient (Wildman–Crippen LogP) is 5.17. The Morgan fingerprint density at radius 2 is 1.71 bits per heavy atom. The topological polar surface area (TPSA) is 44.8 Å². The van der Waals surface area contributed by atoms with Crippen LogP contribution >= 0.6 is 0 Å². The van der Waals surface area contributed by atoms with E-state index in [0.717, 1.165) is 37.9 Å². The minimum Gasteiger partial charge on any atom is -0.494 e. The Kier molecular flexibility index (Phi) is 6.67. The largest absolute Gasteiger partial charge is 0.494 e. The molecule has 24 heavy (non-hydrogen) atoms. The first-order valence-corrected chi connectivity index (χ1v) is 9.00. The normalized spacial score (nSPS) is 21.3. The molecule has 0 atom stereocenters. The summed E-state index contributed by atoms with van der Waals surface area (Å²) in [5.41, 5.74) is 0.811. The van der Waals surface area contributed by atoms with Gasteiger partial charge in [-0.2, -0.15) is 4.89 Å². The molecule has 0 saturated heterocycles. The third-order valence-corrected chi connectivity index (χ3v) is 4.72. The minimum absolute atomic E-state index is 0.0136. The van der Waals surface area contributed by atoms with E-state index >= 15 is 0 Å². The van der Waals surface area contributed by atoms with Gasteiger partial charge in [0.15, 0.2) is 0 Å². The molecule has 0 aromatic heterocycles. The molecule has 0 unspecified atom stereocenters. The summed E-state index contributed by atoms with van der Waals surface area (Å²) in [6.45, 7) is 9.58. The molecular weight excluding hydrogens is 304 g/mol. The third kappa shape index (κ3) is 5.52. The van der Waals surface area contributed by atoms with Crippen molar-refractivity contribution in [3.05, 3.63) is 29.8 Å². The molecule has 1 aliphatic carbocycles. The summed E-state index contributed by atoms with van der Waals surface area (Å²) in [6.07, 6.45) is 5.09. The van der Waals surface area contributed by atoms with Crippen LogP contribution in [0.15, 0.2) is 24.3 Å². The molecule has 2 rings (SSSR count). The molecule has 0 heterocycles. The van der Waals surface area contributed by atoms with Crippen molar-refractivity contribution in [1.82, 2.24) is 0 Å². The van der Waals surface area contributed by atoms with E-state index in [1.165, 1.54) is 0 Å². The van der Waals surface area contributed by atoms with Crippen LogP contribution in [0.3, 0.4) is 0 Å². The van der Waals surface area contributed by atoms with E-state index in [0.29, 0.717) is 23.5 Å². The zero-order chi connectivity index (χ0) is 17.6. The molecule has 1 saturated carbocycles. The quantitative estimate of drug-likeness (QED) is 0.532. The number of carbonyl (C=O) groups is 1. The van der Waals surface area contributed by atoms with Crippen LogP contribution in [0.5, 0.6) is 5.75 Å². The highest BCUT2D eigenvalue weighted by atomic mass is 17.2. The van der Waals surface area contributed by atoms with E-state index in [-0.39, 0.29) is 6.10 Å². The standard InChI is InChI=1S/C20H30O4/c1-5-14-22-17-10-6-15(7-11-17)19(21)24-23-18-12-8-16(9-13-18)20(2,3)4/h6-7,10-11,16,18H,5,8-9,12-14H2,1-4H3. The smallest absolute Gasteiger partial charge is 0.373 e. The first-order valence-electron chi connectivity index (χ1n) is 9.00. The molecule has 1 aliphatic rings. The summed E-state index contributed by atoms with van der Waals surface area (Å²) in [5, 5.41) is 0. The molecule has 0 N–H and O–H groups in total. The van der Waals surface area contributed by atoms with Gasteiger partial charge in [-0.05, 0) is 67.7 Å². The van der Waals surface area contributed by atoms with Gasteiger partial charge in [-0.3, -0.25) is 4.89 Å². The van der Waals surface area contributed by atoms with Crippen molar-refractivity contribution >= 4 is 5.97 Å². The van der Waals surface area contributed by atoms with Crippen LogP contribution in [-0.2, 0) is 9.78 Å². The zero-order valence-corrected chi connectivity index (χ0v) is 15.3. The molecule has 4 nitrogen and oxygen atoms in total. The van der Waals surface area contributed by atoms with Crippen molar-refractivity contribution in [2.45, 2.75) is 65.9 Å². The highest BCUT2D eigenvalue weighted by Gasteiger charge is 2.31. The highest BCUT2D eigenvalue weighted by Crippen LogP contribution is 2.38. The van der Waals surface area contributed by atoms with Crippen molar-refractivity contribution < 1.29 is 19.3 Å². The van der Waals surface area contributed by atoms with Crippen molar-refractivity contribution in [1.29, 1.82) is 0 Å². The van der Waals surface area contributed by atoms with E-state index in [9.17, 15) is 4.79 Å². The molecule has 0 spiro atoms. The summed E-state index contributed by atoms with van der Waals surface area (Å²) >= 11 is 0. The maximum atomic E-state index is 12.0. The van der Waals surface area contributed by atoms with Gasteiger partial charge in [-0.15, -0.1) is 0 Å². The molecule has 0 bridgehead atoms. The van der Waals surface area contributed by atoms with Crippen LogP contribution in [0.2, 0.25) is 0 Å². The Morgan fingerprint density at radius 1 is 1.08 bits per heavy atom. The fourth-order valence-corrected chi connectivity index (χ4v) is 3.09. The van der Waals surface area contributed by atoms with E-state index in [2.05, 4.69) is 27.7 Å². The Bertz CT molecular complexity index is 507. The fourth-order valence-electron chi connectivity index (χ4n) is 3.09. The van der Waals surface area contributed by atoms with Gasteiger partial charge in [0.05, 0.1) is 12.2 Å². The maximum absolute atomic E-state index is 12.0. The Morgan fingerprint density at radius 3 is 2.25 bits per heavy atom. The maximum Gasteiger partial charge on any atom is 0.373 e. The second kappa shape index (κ2) is 8.52. The average Bonchev–Trinajstić information content (AvgIpc) is 2.58. The lowest BCUT2D eigenvalue weighted by Crippen LogP contribution is -2.29. The van der Waals surface area contributed by atoms with E-state index < -0.39 is 5.97 Å². The summed E-state index contributed by atoms with van der Waals surface area (Å²) in [5.74, 6) is 1.02. The van der Waals surface area contributed by atoms with Gasteiger partial charge in [0.25, 0.3) is 0 Å². The molecular formula is C20H30O4. The Hall–Kier alpha value is -1.55. The number of carbonyl (C=O) groups excluding carboxylic acids is 1. The Labute approximate surface area is 145 Å². The van der Waals surface area contributed by atoms with Crippen LogP contribution in [0.25, 0.3) is 0 Å². The lowest BCUT2D eigenvalue weighted by atomic mass is 9.72. The molecule has 4 heteroatoms. The zero-order valence-electron chi connectivity index (χ0n) is 15.3. The summed E-state index contributed by atoms with van der Waals surface area (Å²) in [6, 6.07) is 6.96. The fraction of sp³-hybridized carbons (Fsp3) is 0.650. The van der Waals surface area contributed by atoms with Gasteiger partial charge in [0, 0.05) is 0 Å². The van der Waals surface area contributed by atoms with Gasteiger partial charge in [-0.25, -0.2) is 4.79 Å². The SMILES string of the molecule is CCCOc1ccc(C(=O)OOC2CCC(C(C)(C)C)CC2)cc1. The van der Waals surface area contributed by atoms with Crippen molar-refractivity contribution in [2.24, 2.45) is 11.3 Å². The van der Waals surface area contributed by atoms with E-state index in [1.807, 2.05) is 0 Å².